The molecule has 1 atom stereocenters. The minimum atomic E-state index is -1.27. The summed E-state index contributed by atoms with van der Waals surface area (Å²) in [7, 11) is 0. The van der Waals surface area contributed by atoms with Gasteiger partial charge in [0, 0.05) is 0 Å². The minimum Gasteiger partial charge on any atom is -0.462 e. The van der Waals surface area contributed by atoms with Gasteiger partial charge in [0.1, 0.15) is 0 Å². The molecule has 6 nitrogen and oxygen atoms in total. The number of ether oxygens (including phenoxy) is 1. The van der Waals surface area contributed by atoms with Crippen molar-refractivity contribution >= 4 is 23.3 Å². The summed E-state index contributed by atoms with van der Waals surface area (Å²) in [5.41, 5.74) is 1.36. The van der Waals surface area contributed by atoms with E-state index in [0.717, 1.165) is 0 Å². The monoisotopic (exact) mass is 236 g/mol. The van der Waals surface area contributed by atoms with Gasteiger partial charge in [-0.2, -0.15) is 0 Å². The molecule has 6 heteroatoms. The summed E-state index contributed by atoms with van der Waals surface area (Å²) in [6, 6.07) is 4.67. The lowest BCUT2D eigenvalue weighted by Crippen LogP contribution is -2.38. The van der Waals surface area contributed by atoms with Crippen LogP contribution < -0.4 is 10.6 Å². The number of anilines is 2. The Hall–Kier alpha value is -2.08. The van der Waals surface area contributed by atoms with Crippen molar-refractivity contribution in [1.29, 1.82) is 0 Å². The molecule has 1 aliphatic rings. The largest absolute Gasteiger partial charge is 0.462 e. The zero-order valence-electron chi connectivity index (χ0n) is 9.19. The smallest absolute Gasteiger partial charge is 0.338 e. The molecular weight excluding hydrogens is 224 g/mol. The van der Waals surface area contributed by atoms with Gasteiger partial charge in [-0.1, -0.05) is 0 Å². The average molecular weight is 236 g/mol. The second-order valence-corrected chi connectivity index (χ2v) is 3.52. The summed E-state index contributed by atoms with van der Waals surface area (Å²) >= 11 is 0. The van der Waals surface area contributed by atoms with E-state index in [9.17, 15) is 14.7 Å². The molecule has 90 valence electrons. The first-order valence-electron chi connectivity index (χ1n) is 5.18. The summed E-state index contributed by atoms with van der Waals surface area (Å²) < 4.78 is 4.85. The van der Waals surface area contributed by atoms with Crippen LogP contribution in [0.1, 0.15) is 17.3 Å². The number of aliphatic hydroxyl groups excluding tert-OH is 1. The number of benzene rings is 1. The SMILES string of the molecule is CCOC(=O)c1ccc2c(c1)NC(=O)C(O)N2. The number of fused-ring (bicyclic) bond motifs is 1. The molecule has 1 aliphatic heterocycles. The topological polar surface area (TPSA) is 87.7 Å². The number of hydrogen-bond donors (Lipinski definition) is 3. The zero-order valence-corrected chi connectivity index (χ0v) is 9.19. The minimum absolute atomic E-state index is 0.291. The number of esters is 1. The van der Waals surface area contributed by atoms with Gasteiger partial charge in [0.15, 0.2) is 0 Å². The maximum absolute atomic E-state index is 11.5. The Bertz CT molecular complexity index is 473. The third kappa shape index (κ3) is 2.21. The Kier molecular flexibility index (Phi) is 2.97. The van der Waals surface area contributed by atoms with Crippen molar-refractivity contribution in [3.05, 3.63) is 23.8 Å². The third-order valence-corrected chi connectivity index (χ3v) is 2.33. The fraction of sp³-hybridized carbons (Fsp3) is 0.273. The first kappa shape index (κ1) is 11.4. The van der Waals surface area contributed by atoms with Crippen LogP contribution in [0, 0.1) is 0 Å². The molecule has 3 N–H and O–H groups in total. The van der Waals surface area contributed by atoms with Crippen LogP contribution in [0.25, 0.3) is 0 Å². The number of hydrogen-bond acceptors (Lipinski definition) is 5. The Balaban J connectivity index is 2.28. The molecule has 0 aliphatic carbocycles. The highest BCUT2D eigenvalue weighted by atomic mass is 16.5. The quantitative estimate of drug-likeness (QED) is 0.652. The molecular formula is C11H12N2O4. The van der Waals surface area contributed by atoms with Crippen LogP contribution in [0.15, 0.2) is 18.2 Å². The number of amides is 1. The molecule has 0 aromatic heterocycles. The second-order valence-electron chi connectivity index (χ2n) is 3.52. The van der Waals surface area contributed by atoms with E-state index >= 15 is 0 Å². The fourth-order valence-electron chi connectivity index (χ4n) is 1.53. The highest BCUT2D eigenvalue weighted by molar-refractivity contribution is 6.03. The van der Waals surface area contributed by atoms with Gasteiger partial charge in [-0.15, -0.1) is 0 Å². The van der Waals surface area contributed by atoms with Crippen molar-refractivity contribution in [3.63, 3.8) is 0 Å². The molecule has 17 heavy (non-hydrogen) atoms. The van der Waals surface area contributed by atoms with E-state index in [1.807, 2.05) is 0 Å². The van der Waals surface area contributed by atoms with Crippen molar-refractivity contribution < 1.29 is 19.4 Å². The van der Waals surface area contributed by atoms with E-state index in [-0.39, 0.29) is 0 Å². The summed E-state index contributed by atoms with van der Waals surface area (Å²) in [5.74, 6) is -1.01. The van der Waals surface area contributed by atoms with Crippen LogP contribution in [0.2, 0.25) is 0 Å². The average Bonchev–Trinajstić information content (AvgIpc) is 2.30. The molecule has 0 saturated carbocycles. The predicted octanol–water partition coefficient (Wildman–Crippen LogP) is 0.546. The molecule has 0 spiro atoms. The van der Waals surface area contributed by atoms with Crippen LogP contribution in [0.5, 0.6) is 0 Å². The second kappa shape index (κ2) is 4.42. The van der Waals surface area contributed by atoms with Gasteiger partial charge in [-0.05, 0) is 25.1 Å². The van der Waals surface area contributed by atoms with E-state index in [2.05, 4.69) is 10.6 Å². The molecule has 1 aromatic rings. The number of carbonyl (C=O) groups excluding carboxylic acids is 2. The third-order valence-electron chi connectivity index (χ3n) is 2.33. The standard InChI is InChI=1S/C11H12N2O4/c1-2-17-11(16)6-3-4-7-8(5-6)13-10(15)9(14)12-7/h3-5,9,12,14H,2H2,1H3,(H,13,15). The van der Waals surface area contributed by atoms with E-state index in [1.54, 1.807) is 19.1 Å². The predicted molar refractivity (Wildman–Crippen MR) is 60.7 cm³/mol. The maximum Gasteiger partial charge on any atom is 0.338 e. The van der Waals surface area contributed by atoms with Gasteiger partial charge in [0.05, 0.1) is 23.5 Å². The van der Waals surface area contributed by atoms with Gasteiger partial charge in [-0.3, -0.25) is 4.79 Å². The fourth-order valence-corrected chi connectivity index (χ4v) is 1.53. The lowest BCUT2D eigenvalue weighted by molar-refractivity contribution is -0.122. The van der Waals surface area contributed by atoms with Crippen LogP contribution in [0.4, 0.5) is 11.4 Å². The molecule has 1 unspecified atom stereocenters. The first-order chi connectivity index (χ1) is 8.11. The molecule has 1 heterocycles. The van der Waals surface area contributed by atoms with E-state index in [1.165, 1.54) is 6.07 Å². The molecule has 1 amide bonds. The van der Waals surface area contributed by atoms with Gasteiger partial charge >= 0.3 is 5.97 Å². The highest BCUT2D eigenvalue weighted by Gasteiger charge is 2.23. The Morgan fingerprint density at radius 1 is 1.47 bits per heavy atom. The van der Waals surface area contributed by atoms with E-state index < -0.39 is 18.1 Å². The van der Waals surface area contributed by atoms with Crippen LogP contribution in [-0.4, -0.2) is 29.8 Å². The van der Waals surface area contributed by atoms with E-state index in [4.69, 9.17) is 4.74 Å². The van der Waals surface area contributed by atoms with Gasteiger partial charge in [0.2, 0.25) is 6.23 Å². The lowest BCUT2D eigenvalue weighted by Gasteiger charge is -2.23. The molecule has 1 aromatic carbocycles. The molecule has 2 rings (SSSR count). The maximum atomic E-state index is 11.5. The molecule has 0 bridgehead atoms. The Labute approximate surface area is 97.6 Å². The van der Waals surface area contributed by atoms with Crippen molar-refractivity contribution in [3.8, 4) is 0 Å². The van der Waals surface area contributed by atoms with Gasteiger partial charge in [-0.25, -0.2) is 4.79 Å². The van der Waals surface area contributed by atoms with Crippen LogP contribution >= 0.6 is 0 Å². The Morgan fingerprint density at radius 3 is 2.94 bits per heavy atom. The van der Waals surface area contributed by atoms with Gasteiger partial charge < -0.3 is 20.5 Å². The van der Waals surface area contributed by atoms with E-state index in [0.29, 0.717) is 23.5 Å². The number of nitrogens with one attached hydrogen (secondary N) is 2. The number of rotatable bonds is 2. The first-order valence-corrected chi connectivity index (χ1v) is 5.18. The highest BCUT2D eigenvalue weighted by Crippen LogP contribution is 2.27. The molecule has 0 saturated heterocycles. The lowest BCUT2D eigenvalue weighted by atomic mass is 10.1. The summed E-state index contributed by atoms with van der Waals surface area (Å²) in [6.45, 7) is 2.01. The summed E-state index contributed by atoms with van der Waals surface area (Å²) in [4.78, 5) is 22.7. The van der Waals surface area contributed by atoms with Crippen LogP contribution in [-0.2, 0) is 9.53 Å². The molecule has 0 radical (unpaired) electrons. The van der Waals surface area contributed by atoms with Gasteiger partial charge in [0.25, 0.3) is 5.91 Å². The summed E-state index contributed by atoms with van der Waals surface area (Å²) in [6.07, 6.45) is -1.27. The zero-order chi connectivity index (χ0) is 12.4. The van der Waals surface area contributed by atoms with Crippen molar-refractivity contribution in [1.82, 2.24) is 0 Å². The van der Waals surface area contributed by atoms with Crippen molar-refractivity contribution in [2.45, 2.75) is 13.2 Å². The van der Waals surface area contributed by atoms with Crippen LogP contribution in [0.3, 0.4) is 0 Å². The van der Waals surface area contributed by atoms with Crippen molar-refractivity contribution in [2.24, 2.45) is 0 Å². The molecule has 0 fully saturated rings. The van der Waals surface area contributed by atoms with Crippen molar-refractivity contribution in [2.75, 3.05) is 17.2 Å². The summed E-state index contributed by atoms with van der Waals surface area (Å²) in [5, 5.41) is 14.4. The Morgan fingerprint density at radius 2 is 2.24 bits per heavy atom. The normalized spacial score (nSPS) is 17.8. The number of carbonyl (C=O) groups is 2. The number of aliphatic hydroxyl groups is 1.